The van der Waals surface area contributed by atoms with E-state index in [1.54, 1.807) is 12.1 Å². The third kappa shape index (κ3) is 2.91. The molecule has 0 atom stereocenters. The highest BCUT2D eigenvalue weighted by atomic mass is 28.4. The van der Waals surface area contributed by atoms with Gasteiger partial charge in [0, 0.05) is 11.5 Å². The van der Waals surface area contributed by atoms with Crippen LogP contribution >= 0.6 is 0 Å². The number of hydrogen-bond acceptors (Lipinski definition) is 1. The van der Waals surface area contributed by atoms with Gasteiger partial charge in [-0.05, 0) is 40.2 Å². The van der Waals surface area contributed by atoms with Gasteiger partial charge in [0.15, 0.2) is 0 Å². The Morgan fingerprint density at radius 3 is 2.09 bits per heavy atom. The van der Waals surface area contributed by atoms with Crippen molar-refractivity contribution in [2.75, 3.05) is 0 Å². The average molecular weight is 318 g/mol. The van der Waals surface area contributed by atoms with Crippen LogP contribution in [0.1, 0.15) is 41.5 Å². The van der Waals surface area contributed by atoms with Crippen LogP contribution in [0.5, 0.6) is 5.75 Å². The Balaban J connectivity index is 2.47. The first-order valence-electron chi connectivity index (χ1n) is 8.08. The molecule has 0 saturated heterocycles. The molecule has 0 N–H and O–H groups in total. The second-order valence-corrected chi connectivity index (χ2v) is 12.3. The van der Waals surface area contributed by atoms with E-state index in [4.69, 9.17) is 4.43 Å². The minimum atomic E-state index is -1.97. The molecule has 22 heavy (non-hydrogen) atoms. The molecule has 2 aromatic carbocycles. The fourth-order valence-electron chi connectivity index (χ4n) is 3.78. The van der Waals surface area contributed by atoms with Crippen LogP contribution in [0, 0.1) is 11.9 Å². The summed E-state index contributed by atoms with van der Waals surface area (Å²) >= 11 is 0. The first-order valence-corrected chi connectivity index (χ1v) is 10.2. The lowest BCUT2D eigenvalue weighted by Crippen LogP contribution is -2.50. The summed E-state index contributed by atoms with van der Waals surface area (Å²) in [5.41, 5.74) is 1.55. The van der Waals surface area contributed by atoms with Gasteiger partial charge in [-0.2, -0.15) is 0 Å². The van der Waals surface area contributed by atoms with E-state index in [0.717, 1.165) is 11.1 Å². The van der Waals surface area contributed by atoms with Crippen LogP contribution in [0.15, 0.2) is 30.3 Å². The summed E-state index contributed by atoms with van der Waals surface area (Å²) in [6.45, 7) is 13.6. The molecule has 0 heterocycles. The molecule has 1 nitrogen and oxygen atoms in total. The molecule has 0 aliphatic rings. The molecule has 119 valence electrons. The molecule has 0 spiro atoms. The van der Waals surface area contributed by atoms with Gasteiger partial charge in [0.05, 0.1) is 0 Å². The van der Waals surface area contributed by atoms with Crippen molar-refractivity contribution in [2.45, 2.75) is 58.2 Å². The van der Waals surface area contributed by atoms with E-state index in [-0.39, 0.29) is 5.82 Å². The van der Waals surface area contributed by atoms with Gasteiger partial charge in [-0.15, -0.1) is 0 Å². The molecule has 1 radical (unpaired) electrons. The van der Waals surface area contributed by atoms with Gasteiger partial charge in [-0.3, -0.25) is 0 Å². The predicted molar refractivity (Wildman–Crippen MR) is 94.4 cm³/mol. The Bertz CT molecular complexity index is 627. The Morgan fingerprint density at radius 2 is 1.55 bits per heavy atom. The van der Waals surface area contributed by atoms with Crippen LogP contribution < -0.4 is 4.43 Å². The van der Waals surface area contributed by atoms with Crippen molar-refractivity contribution in [3.05, 3.63) is 42.2 Å². The first-order chi connectivity index (χ1) is 10.3. The molecular weight excluding hydrogens is 291 g/mol. The first kappa shape index (κ1) is 17.0. The molecule has 0 unspecified atom stereocenters. The Labute approximate surface area is 134 Å². The smallest absolute Gasteiger partial charge is 0.258 e. The third-order valence-electron chi connectivity index (χ3n) is 4.73. The number of benzene rings is 2. The number of rotatable bonds is 5. The van der Waals surface area contributed by atoms with Crippen molar-refractivity contribution in [1.29, 1.82) is 0 Å². The lowest BCUT2D eigenvalue weighted by molar-refractivity contribution is 0.480. The Hall–Kier alpha value is -1.35. The lowest BCUT2D eigenvalue weighted by atomic mass is 10.1. The zero-order chi connectivity index (χ0) is 16.5. The van der Waals surface area contributed by atoms with E-state index >= 15 is 0 Å². The largest absolute Gasteiger partial charge is 0.543 e. The van der Waals surface area contributed by atoms with E-state index in [1.807, 2.05) is 18.2 Å². The fourth-order valence-corrected chi connectivity index (χ4v) is 9.02. The lowest BCUT2D eigenvalue weighted by Gasteiger charge is -2.42. The minimum absolute atomic E-state index is 0.302. The minimum Gasteiger partial charge on any atom is -0.543 e. The standard InChI is InChI=1S/C19H26FOSi/c1-13(2)22(14(3)4,15(5)6)21-17-10-11-18-16(12-17)8-7-9-19(18)20/h7-8,10-15H,1-6H3. The highest BCUT2D eigenvalue weighted by Crippen LogP contribution is 2.43. The highest BCUT2D eigenvalue weighted by molar-refractivity contribution is 6.78. The zero-order valence-corrected chi connectivity index (χ0v) is 15.4. The SMILES string of the molecule is CC(C)[Si](Oc1ccc2c(F)[c]ccc2c1)(C(C)C)C(C)C. The monoisotopic (exact) mass is 317 g/mol. The summed E-state index contributed by atoms with van der Waals surface area (Å²) in [5, 5.41) is 1.47. The highest BCUT2D eigenvalue weighted by Gasteiger charge is 2.46. The summed E-state index contributed by atoms with van der Waals surface area (Å²) in [4.78, 5) is 0. The van der Waals surface area contributed by atoms with Crippen molar-refractivity contribution in [2.24, 2.45) is 0 Å². The van der Waals surface area contributed by atoms with E-state index in [2.05, 4.69) is 47.6 Å². The molecular formula is C19H26FOSi. The van der Waals surface area contributed by atoms with Crippen molar-refractivity contribution in [3.63, 3.8) is 0 Å². The average Bonchev–Trinajstić information content (AvgIpc) is 2.43. The molecule has 0 bridgehead atoms. The normalized spacial score (nSPS) is 12.6. The fraction of sp³-hybridized carbons (Fsp3) is 0.474. The van der Waals surface area contributed by atoms with Gasteiger partial charge >= 0.3 is 0 Å². The molecule has 0 aliphatic heterocycles. The maximum absolute atomic E-state index is 13.8. The van der Waals surface area contributed by atoms with Crippen LogP contribution in [0.25, 0.3) is 10.8 Å². The Morgan fingerprint density at radius 1 is 0.955 bits per heavy atom. The summed E-state index contributed by atoms with van der Waals surface area (Å²) in [5.74, 6) is 0.560. The number of halogens is 1. The van der Waals surface area contributed by atoms with Crippen LogP contribution in [-0.4, -0.2) is 8.32 Å². The van der Waals surface area contributed by atoms with Gasteiger partial charge in [-0.25, -0.2) is 4.39 Å². The van der Waals surface area contributed by atoms with E-state index in [1.165, 1.54) is 0 Å². The predicted octanol–water partition coefficient (Wildman–Crippen LogP) is 6.33. The zero-order valence-electron chi connectivity index (χ0n) is 14.4. The van der Waals surface area contributed by atoms with Crippen molar-refractivity contribution in [3.8, 4) is 5.75 Å². The molecule has 2 rings (SSSR count). The summed E-state index contributed by atoms with van der Waals surface area (Å²) in [7, 11) is -1.97. The maximum Gasteiger partial charge on any atom is 0.258 e. The molecule has 3 heteroatoms. The molecule has 0 aliphatic carbocycles. The second-order valence-electron chi connectivity index (χ2n) is 6.96. The van der Waals surface area contributed by atoms with E-state index < -0.39 is 8.32 Å². The Kier molecular flexibility index (Phi) is 4.96. The van der Waals surface area contributed by atoms with Gasteiger partial charge in [0.1, 0.15) is 11.6 Å². The van der Waals surface area contributed by atoms with Crippen LogP contribution in [0.4, 0.5) is 4.39 Å². The second kappa shape index (κ2) is 6.41. The van der Waals surface area contributed by atoms with Crippen LogP contribution in [-0.2, 0) is 0 Å². The molecule has 0 saturated carbocycles. The quantitative estimate of drug-likeness (QED) is 0.585. The van der Waals surface area contributed by atoms with Gasteiger partial charge in [-0.1, -0.05) is 53.7 Å². The van der Waals surface area contributed by atoms with Gasteiger partial charge in [0.2, 0.25) is 0 Å². The maximum atomic E-state index is 13.8. The topological polar surface area (TPSA) is 9.23 Å². The number of fused-ring (bicyclic) bond motifs is 1. The van der Waals surface area contributed by atoms with Crippen LogP contribution in [0.2, 0.25) is 16.6 Å². The number of hydrogen-bond donors (Lipinski definition) is 0. The summed E-state index contributed by atoms with van der Waals surface area (Å²) in [6, 6.07) is 11.8. The van der Waals surface area contributed by atoms with Crippen molar-refractivity contribution < 1.29 is 8.82 Å². The van der Waals surface area contributed by atoms with Crippen LogP contribution in [0.3, 0.4) is 0 Å². The van der Waals surface area contributed by atoms with E-state index in [0.29, 0.717) is 22.0 Å². The molecule has 0 aromatic heterocycles. The third-order valence-corrected chi connectivity index (χ3v) is 10.7. The summed E-state index contributed by atoms with van der Waals surface area (Å²) in [6.07, 6.45) is 0. The molecule has 0 amide bonds. The van der Waals surface area contributed by atoms with Gasteiger partial charge < -0.3 is 4.43 Å². The summed E-state index contributed by atoms with van der Waals surface area (Å²) < 4.78 is 20.4. The van der Waals surface area contributed by atoms with E-state index in [9.17, 15) is 4.39 Å². The molecule has 0 fully saturated rings. The van der Waals surface area contributed by atoms with Gasteiger partial charge in [0.25, 0.3) is 8.32 Å². The van der Waals surface area contributed by atoms with Crippen molar-refractivity contribution in [1.82, 2.24) is 0 Å². The molecule has 2 aromatic rings. The van der Waals surface area contributed by atoms with Crippen molar-refractivity contribution >= 4 is 19.1 Å².